The number of hydrogen-bond acceptors (Lipinski definition) is 4. The van der Waals surface area contributed by atoms with E-state index in [0.717, 1.165) is 19.3 Å². The zero-order valence-corrected chi connectivity index (χ0v) is 20.5. The third-order valence-electron chi connectivity index (χ3n) is 5.53. The lowest BCUT2D eigenvalue weighted by Gasteiger charge is -2.20. The van der Waals surface area contributed by atoms with Gasteiger partial charge in [0.05, 0.1) is 6.61 Å². The summed E-state index contributed by atoms with van der Waals surface area (Å²) in [5.74, 6) is -0.831. The van der Waals surface area contributed by atoms with Crippen LogP contribution in [0.1, 0.15) is 104 Å². The minimum absolute atomic E-state index is 0.342. The minimum atomic E-state index is -1.35. The van der Waals surface area contributed by atoms with Crippen molar-refractivity contribution in [1.82, 2.24) is 0 Å². The maximum Gasteiger partial charge on any atom is 0.328 e. The van der Waals surface area contributed by atoms with Crippen molar-refractivity contribution in [3.8, 4) is 5.75 Å². The van der Waals surface area contributed by atoms with Gasteiger partial charge >= 0.3 is 11.9 Å². The third kappa shape index (κ3) is 12.2. The van der Waals surface area contributed by atoms with E-state index in [-0.39, 0.29) is 0 Å². The number of unbranched alkanes of at least 4 members (excludes halogenated alkanes) is 12. The number of halogens is 1. The van der Waals surface area contributed by atoms with Crippen molar-refractivity contribution in [3.63, 3.8) is 0 Å². The lowest BCUT2D eigenvalue weighted by molar-refractivity contribution is -0.164. The maximum absolute atomic E-state index is 12.4. The van der Waals surface area contributed by atoms with Gasteiger partial charge in [-0.05, 0) is 44.5 Å². The van der Waals surface area contributed by atoms with E-state index in [2.05, 4.69) is 6.92 Å². The lowest BCUT2D eigenvalue weighted by Crippen LogP contribution is -2.38. The molecule has 0 aliphatic rings. The molecule has 0 heterocycles. The van der Waals surface area contributed by atoms with Crippen molar-refractivity contribution in [2.75, 3.05) is 6.61 Å². The summed E-state index contributed by atoms with van der Waals surface area (Å²) in [7, 11) is 0. The normalized spacial score (nSPS) is 11.4. The van der Waals surface area contributed by atoms with E-state index in [9.17, 15) is 9.59 Å². The number of carbonyl (C=O) groups is 2. The molecule has 0 amide bonds. The molecule has 5 heteroatoms. The second-order valence-corrected chi connectivity index (χ2v) is 9.28. The summed E-state index contributed by atoms with van der Waals surface area (Å²) in [5, 5.41) is 0.552. The summed E-state index contributed by atoms with van der Waals surface area (Å²) in [6, 6.07) is 6.44. The molecule has 4 nitrogen and oxygen atoms in total. The number of carbonyl (C=O) groups excluding carboxylic acids is 2. The molecule has 0 unspecified atom stereocenters. The monoisotopic (exact) mass is 452 g/mol. The molecular formula is C26H41ClO4. The maximum atomic E-state index is 12.4. The second-order valence-electron chi connectivity index (χ2n) is 8.85. The highest BCUT2D eigenvalue weighted by Crippen LogP contribution is 2.23. The summed E-state index contributed by atoms with van der Waals surface area (Å²) in [6.45, 7) is 5.65. The summed E-state index contributed by atoms with van der Waals surface area (Å²) in [5.41, 5.74) is -1.35. The molecule has 31 heavy (non-hydrogen) atoms. The van der Waals surface area contributed by atoms with E-state index in [1.807, 2.05) is 0 Å². The first-order valence-corrected chi connectivity index (χ1v) is 12.4. The predicted molar refractivity (Wildman–Crippen MR) is 128 cm³/mol. The van der Waals surface area contributed by atoms with Crippen LogP contribution < -0.4 is 4.74 Å². The molecule has 0 aromatic heterocycles. The van der Waals surface area contributed by atoms with Gasteiger partial charge in [-0.3, -0.25) is 9.59 Å². The average molecular weight is 453 g/mol. The first-order chi connectivity index (χ1) is 14.9. The van der Waals surface area contributed by atoms with Crippen LogP contribution in [0.15, 0.2) is 24.3 Å². The van der Waals surface area contributed by atoms with Gasteiger partial charge in [-0.1, -0.05) is 95.6 Å². The van der Waals surface area contributed by atoms with Gasteiger partial charge in [0.15, 0.2) is 5.41 Å². The van der Waals surface area contributed by atoms with E-state index in [1.165, 1.54) is 78.1 Å². The molecule has 0 saturated carbocycles. The Morgan fingerprint density at radius 3 is 1.68 bits per heavy atom. The van der Waals surface area contributed by atoms with Crippen molar-refractivity contribution >= 4 is 23.5 Å². The molecule has 0 fully saturated rings. The van der Waals surface area contributed by atoms with Gasteiger partial charge < -0.3 is 9.47 Å². The Kier molecular flexibility index (Phi) is 14.3. The molecule has 176 valence electrons. The van der Waals surface area contributed by atoms with Crippen molar-refractivity contribution in [2.24, 2.45) is 5.41 Å². The Morgan fingerprint density at radius 1 is 0.742 bits per heavy atom. The van der Waals surface area contributed by atoms with Gasteiger partial charge in [0.2, 0.25) is 0 Å². The van der Waals surface area contributed by atoms with Gasteiger partial charge in [0, 0.05) is 5.02 Å². The van der Waals surface area contributed by atoms with Gasteiger partial charge in [0.1, 0.15) is 5.75 Å². The van der Waals surface area contributed by atoms with Crippen molar-refractivity contribution in [1.29, 1.82) is 0 Å². The second kappa shape index (κ2) is 16.1. The highest BCUT2D eigenvalue weighted by Gasteiger charge is 2.39. The fraction of sp³-hybridized carbons (Fsp3) is 0.692. The van der Waals surface area contributed by atoms with Gasteiger partial charge in [-0.25, -0.2) is 0 Å². The minimum Gasteiger partial charge on any atom is -0.465 e. The van der Waals surface area contributed by atoms with Gasteiger partial charge in [0.25, 0.3) is 0 Å². The molecule has 0 spiro atoms. The molecule has 1 aromatic carbocycles. The zero-order valence-electron chi connectivity index (χ0n) is 19.7. The van der Waals surface area contributed by atoms with E-state index < -0.39 is 17.4 Å². The quantitative estimate of drug-likeness (QED) is 0.104. The number of benzene rings is 1. The molecule has 0 bridgehead atoms. The van der Waals surface area contributed by atoms with E-state index >= 15 is 0 Å². The Bertz CT molecular complexity index is 625. The molecule has 1 rings (SSSR count). The topological polar surface area (TPSA) is 52.6 Å². The van der Waals surface area contributed by atoms with E-state index in [4.69, 9.17) is 21.1 Å². The average Bonchev–Trinajstić information content (AvgIpc) is 2.75. The zero-order chi connectivity index (χ0) is 23.0. The van der Waals surface area contributed by atoms with Gasteiger partial charge in [-0.2, -0.15) is 0 Å². The Labute approximate surface area is 194 Å². The number of hydrogen-bond donors (Lipinski definition) is 0. The molecule has 0 atom stereocenters. The molecule has 0 radical (unpaired) electrons. The third-order valence-corrected chi connectivity index (χ3v) is 5.78. The number of rotatable bonds is 17. The first kappa shape index (κ1) is 27.5. The summed E-state index contributed by atoms with van der Waals surface area (Å²) in [6.07, 6.45) is 16.5. The van der Waals surface area contributed by atoms with Crippen LogP contribution in [0.3, 0.4) is 0 Å². The fourth-order valence-corrected chi connectivity index (χ4v) is 3.41. The van der Waals surface area contributed by atoms with Crippen molar-refractivity contribution in [3.05, 3.63) is 29.3 Å². The number of esters is 2. The number of ether oxygens (including phenoxy) is 2. The van der Waals surface area contributed by atoms with Crippen LogP contribution >= 0.6 is 11.6 Å². The fourth-order valence-electron chi connectivity index (χ4n) is 3.29. The molecule has 0 N–H and O–H groups in total. The first-order valence-electron chi connectivity index (χ1n) is 12.0. The van der Waals surface area contributed by atoms with Gasteiger partial charge in [-0.15, -0.1) is 0 Å². The summed E-state index contributed by atoms with van der Waals surface area (Å²) < 4.78 is 10.6. The van der Waals surface area contributed by atoms with Crippen molar-refractivity contribution < 1.29 is 19.1 Å². The highest BCUT2D eigenvalue weighted by atomic mass is 35.5. The van der Waals surface area contributed by atoms with E-state index in [1.54, 1.807) is 24.3 Å². The molecule has 0 aliphatic carbocycles. The van der Waals surface area contributed by atoms with Crippen LogP contribution in [-0.2, 0) is 14.3 Å². The Morgan fingerprint density at radius 2 is 1.19 bits per heavy atom. The van der Waals surface area contributed by atoms with Crippen LogP contribution in [0.5, 0.6) is 5.75 Å². The van der Waals surface area contributed by atoms with Crippen LogP contribution in [0.4, 0.5) is 0 Å². The molecule has 0 aliphatic heterocycles. The van der Waals surface area contributed by atoms with Crippen molar-refractivity contribution in [2.45, 2.75) is 104 Å². The molecule has 1 aromatic rings. The van der Waals surface area contributed by atoms with Crippen LogP contribution in [0, 0.1) is 5.41 Å². The van der Waals surface area contributed by atoms with Crippen LogP contribution in [0.2, 0.25) is 5.02 Å². The van der Waals surface area contributed by atoms with Crippen LogP contribution in [-0.4, -0.2) is 18.5 Å². The summed E-state index contributed by atoms with van der Waals surface area (Å²) >= 11 is 5.82. The standard InChI is InChI=1S/C26H41ClO4/c1-4-5-6-7-8-9-10-11-12-13-14-15-16-21-30-24(28)26(2,3)25(29)31-23-19-17-22(27)18-20-23/h17-20H,4-16,21H2,1-3H3. The van der Waals surface area contributed by atoms with E-state index in [0.29, 0.717) is 17.4 Å². The Hall–Kier alpha value is -1.55. The predicted octanol–water partition coefficient (Wildman–Crippen LogP) is 7.91. The largest absolute Gasteiger partial charge is 0.465 e. The van der Waals surface area contributed by atoms with Crippen LogP contribution in [0.25, 0.3) is 0 Å². The SMILES string of the molecule is CCCCCCCCCCCCCCCOC(=O)C(C)(C)C(=O)Oc1ccc(Cl)cc1. The molecular weight excluding hydrogens is 412 g/mol. The summed E-state index contributed by atoms with van der Waals surface area (Å²) in [4.78, 5) is 24.7. The molecule has 0 saturated heterocycles. The lowest BCUT2D eigenvalue weighted by atomic mass is 9.94. The smallest absolute Gasteiger partial charge is 0.328 e. The highest BCUT2D eigenvalue weighted by molar-refractivity contribution is 6.30. The Balaban J connectivity index is 2.06.